The van der Waals surface area contributed by atoms with Gasteiger partial charge in [0.2, 0.25) is 11.8 Å². The lowest BCUT2D eigenvalue weighted by molar-refractivity contribution is -0.122. The molecule has 1 aliphatic heterocycles. The second-order valence-corrected chi connectivity index (χ2v) is 7.74. The van der Waals surface area contributed by atoms with Gasteiger partial charge in [-0.25, -0.2) is 0 Å². The van der Waals surface area contributed by atoms with Gasteiger partial charge in [-0.2, -0.15) is 0 Å². The Bertz CT molecular complexity index is 734. The quantitative estimate of drug-likeness (QED) is 0.839. The number of anilines is 1. The van der Waals surface area contributed by atoms with Crippen LogP contribution in [0.3, 0.4) is 0 Å². The minimum atomic E-state index is -0.397. The number of rotatable bonds is 6. The fraction of sp³-hybridized carbons (Fsp3) is 0.571. The molecule has 4 rings (SSSR count). The monoisotopic (exact) mass is 368 g/mol. The number of amides is 1. The Morgan fingerprint density at radius 3 is 2.56 bits per heavy atom. The molecule has 1 amide bonds. The van der Waals surface area contributed by atoms with Crippen molar-refractivity contribution in [2.45, 2.75) is 57.4 Å². The van der Waals surface area contributed by atoms with Crippen molar-refractivity contribution in [2.75, 3.05) is 18.0 Å². The molecule has 1 aromatic heterocycles. The van der Waals surface area contributed by atoms with Crippen molar-refractivity contribution >= 4 is 11.9 Å². The number of nitrogens with one attached hydrogen (secondary N) is 1. The van der Waals surface area contributed by atoms with Crippen molar-refractivity contribution in [3.63, 3.8) is 0 Å². The van der Waals surface area contributed by atoms with Crippen molar-refractivity contribution in [1.29, 1.82) is 0 Å². The number of hydrogen-bond acceptors (Lipinski definition) is 5. The van der Waals surface area contributed by atoms with Gasteiger partial charge in [0, 0.05) is 19.5 Å². The Morgan fingerprint density at radius 2 is 1.81 bits per heavy atom. The number of piperidine rings is 1. The lowest BCUT2D eigenvalue weighted by atomic mass is 10.0. The third kappa shape index (κ3) is 4.49. The van der Waals surface area contributed by atoms with E-state index < -0.39 is 6.04 Å². The van der Waals surface area contributed by atoms with Gasteiger partial charge in [0.25, 0.3) is 0 Å². The predicted molar refractivity (Wildman–Crippen MR) is 103 cm³/mol. The first-order valence-electron chi connectivity index (χ1n) is 10.2. The third-order valence-corrected chi connectivity index (χ3v) is 5.69. The van der Waals surface area contributed by atoms with Crippen LogP contribution >= 0.6 is 0 Å². The number of hydrogen-bond donors (Lipinski definition) is 1. The number of carbonyl (C=O) groups excluding carboxylic acids is 1. The lowest BCUT2D eigenvalue weighted by Gasteiger charge is -2.24. The van der Waals surface area contributed by atoms with E-state index in [0.717, 1.165) is 44.3 Å². The van der Waals surface area contributed by atoms with E-state index in [2.05, 4.69) is 20.4 Å². The molecule has 0 radical (unpaired) electrons. The maximum atomic E-state index is 12.7. The average Bonchev–Trinajstić information content (AvgIpc) is 3.40. The summed E-state index contributed by atoms with van der Waals surface area (Å²) in [5.41, 5.74) is 0.964. The van der Waals surface area contributed by atoms with E-state index in [1.54, 1.807) is 0 Å². The Labute approximate surface area is 160 Å². The second-order valence-electron chi connectivity index (χ2n) is 7.74. The SMILES string of the molecule is O=C(CC1CCCC1)NC(c1ccccc1)c1nnc(N2CCCCC2)o1. The van der Waals surface area contributed by atoms with E-state index in [0.29, 0.717) is 24.2 Å². The van der Waals surface area contributed by atoms with Gasteiger partial charge in [0.15, 0.2) is 0 Å². The van der Waals surface area contributed by atoms with Crippen LogP contribution in [0.2, 0.25) is 0 Å². The normalized spacial score (nSPS) is 19.2. The number of benzene rings is 1. The lowest BCUT2D eigenvalue weighted by Crippen LogP contribution is -2.31. The highest BCUT2D eigenvalue weighted by Crippen LogP contribution is 2.29. The molecule has 2 aromatic rings. The largest absolute Gasteiger partial charge is 0.405 e. The Hall–Kier alpha value is -2.37. The molecule has 2 aliphatic rings. The molecule has 144 valence electrons. The molecule has 1 saturated heterocycles. The molecular formula is C21H28N4O2. The third-order valence-electron chi connectivity index (χ3n) is 5.69. The smallest absolute Gasteiger partial charge is 0.318 e. The predicted octanol–water partition coefficient (Wildman–Crippen LogP) is 3.85. The van der Waals surface area contributed by atoms with Crippen LogP contribution in [0.25, 0.3) is 0 Å². The van der Waals surface area contributed by atoms with E-state index in [1.807, 2.05) is 30.3 Å². The van der Waals surface area contributed by atoms with Crippen molar-refractivity contribution in [1.82, 2.24) is 15.5 Å². The van der Waals surface area contributed by atoms with E-state index in [-0.39, 0.29) is 5.91 Å². The highest BCUT2D eigenvalue weighted by molar-refractivity contribution is 5.77. The fourth-order valence-electron chi connectivity index (χ4n) is 4.19. The van der Waals surface area contributed by atoms with Gasteiger partial charge < -0.3 is 14.6 Å². The zero-order valence-corrected chi connectivity index (χ0v) is 15.8. The Kier molecular flexibility index (Phi) is 5.70. The maximum absolute atomic E-state index is 12.7. The molecule has 27 heavy (non-hydrogen) atoms. The topological polar surface area (TPSA) is 71.3 Å². The molecular weight excluding hydrogens is 340 g/mol. The molecule has 2 fully saturated rings. The van der Waals surface area contributed by atoms with Gasteiger partial charge in [0.05, 0.1) is 0 Å². The van der Waals surface area contributed by atoms with Gasteiger partial charge in [0.1, 0.15) is 6.04 Å². The van der Waals surface area contributed by atoms with Gasteiger partial charge in [-0.3, -0.25) is 4.79 Å². The van der Waals surface area contributed by atoms with Crippen molar-refractivity contribution in [3.8, 4) is 0 Å². The molecule has 1 saturated carbocycles. The van der Waals surface area contributed by atoms with Gasteiger partial charge >= 0.3 is 6.01 Å². The molecule has 1 N–H and O–H groups in total. The summed E-state index contributed by atoms with van der Waals surface area (Å²) < 4.78 is 6.00. The van der Waals surface area contributed by atoms with Crippen molar-refractivity contribution in [2.24, 2.45) is 5.92 Å². The highest BCUT2D eigenvalue weighted by Gasteiger charge is 2.26. The Morgan fingerprint density at radius 1 is 1.07 bits per heavy atom. The standard InChI is InChI=1S/C21H28N4O2/c26-18(15-16-9-5-6-10-16)22-19(17-11-3-1-4-12-17)20-23-24-21(27-20)25-13-7-2-8-14-25/h1,3-4,11-12,16,19H,2,5-10,13-15H2,(H,22,26). The summed E-state index contributed by atoms with van der Waals surface area (Å²) in [6.45, 7) is 1.90. The molecule has 2 heterocycles. The molecule has 1 aromatic carbocycles. The van der Waals surface area contributed by atoms with Crippen LogP contribution in [0.15, 0.2) is 34.7 Å². The fourth-order valence-corrected chi connectivity index (χ4v) is 4.19. The van der Waals surface area contributed by atoms with Crippen LogP contribution in [0.5, 0.6) is 0 Å². The van der Waals surface area contributed by atoms with Crippen molar-refractivity contribution in [3.05, 3.63) is 41.8 Å². The minimum Gasteiger partial charge on any atom is -0.405 e. The first kappa shape index (κ1) is 18.0. The maximum Gasteiger partial charge on any atom is 0.318 e. The zero-order chi connectivity index (χ0) is 18.5. The van der Waals surface area contributed by atoms with Crippen LogP contribution in [0.1, 0.15) is 68.9 Å². The molecule has 0 bridgehead atoms. The summed E-state index contributed by atoms with van der Waals surface area (Å²) in [4.78, 5) is 14.8. The van der Waals surface area contributed by atoms with E-state index in [4.69, 9.17) is 4.42 Å². The number of aromatic nitrogens is 2. The van der Waals surface area contributed by atoms with Crippen LogP contribution in [-0.4, -0.2) is 29.2 Å². The Balaban J connectivity index is 1.51. The first-order valence-corrected chi connectivity index (χ1v) is 10.2. The van der Waals surface area contributed by atoms with Crippen LogP contribution in [-0.2, 0) is 4.79 Å². The zero-order valence-electron chi connectivity index (χ0n) is 15.8. The van der Waals surface area contributed by atoms with E-state index >= 15 is 0 Å². The highest BCUT2D eigenvalue weighted by atomic mass is 16.4. The molecule has 6 heteroatoms. The second kappa shape index (κ2) is 8.55. The molecule has 0 spiro atoms. The summed E-state index contributed by atoms with van der Waals surface area (Å²) in [6.07, 6.45) is 8.92. The van der Waals surface area contributed by atoms with Crippen LogP contribution < -0.4 is 10.2 Å². The van der Waals surface area contributed by atoms with E-state index in [9.17, 15) is 4.79 Å². The van der Waals surface area contributed by atoms with Gasteiger partial charge in [-0.05, 0) is 43.6 Å². The molecule has 6 nitrogen and oxygen atoms in total. The van der Waals surface area contributed by atoms with Gasteiger partial charge in [-0.15, -0.1) is 5.10 Å². The number of carbonyl (C=O) groups is 1. The molecule has 1 aliphatic carbocycles. The summed E-state index contributed by atoms with van der Waals surface area (Å²) in [5.74, 6) is 1.03. The van der Waals surface area contributed by atoms with Crippen LogP contribution in [0, 0.1) is 5.92 Å². The molecule has 1 atom stereocenters. The average molecular weight is 368 g/mol. The minimum absolute atomic E-state index is 0.0634. The van der Waals surface area contributed by atoms with Crippen molar-refractivity contribution < 1.29 is 9.21 Å². The van der Waals surface area contributed by atoms with Crippen LogP contribution in [0.4, 0.5) is 6.01 Å². The van der Waals surface area contributed by atoms with Gasteiger partial charge in [-0.1, -0.05) is 48.3 Å². The summed E-state index contributed by atoms with van der Waals surface area (Å²) in [7, 11) is 0. The molecule has 1 unspecified atom stereocenters. The summed E-state index contributed by atoms with van der Waals surface area (Å²) in [6, 6.07) is 10.0. The van der Waals surface area contributed by atoms with E-state index in [1.165, 1.54) is 19.3 Å². The first-order chi connectivity index (χ1) is 13.3. The summed E-state index contributed by atoms with van der Waals surface area (Å²) >= 11 is 0. The summed E-state index contributed by atoms with van der Waals surface area (Å²) in [5, 5.41) is 11.7. The number of nitrogens with zero attached hydrogens (tertiary/aromatic N) is 3.